The molecule has 180 valence electrons. The molecule has 0 saturated carbocycles. The number of benzene rings is 2. The van der Waals surface area contributed by atoms with Gasteiger partial charge in [0, 0.05) is 49.7 Å². The quantitative estimate of drug-likeness (QED) is 0.588. The molecule has 2 aliphatic rings. The first-order valence-electron chi connectivity index (χ1n) is 11.6. The fraction of sp³-hybridized carbons (Fsp3) is 0.440. The molecule has 1 N–H and O–H groups in total. The number of anilines is 2. The largest absolute Gasteiger partial charge is 0.378 e. The monoisotopic (exact) mass is 471 g/mol. The summed E-state index contributed by atoms with van der Waals surface area (Å²) >= 11 is 0. The number of halogens is 3. The van der Waals surface area contributed by atoms with Crippen molar-refractivity contribution in [1.82, 2.24) is 15.1 Å². The van der Waals surface area contributed by atoms with Crippen LogP contribution in [0.25, 0.3) is 10.9 Å². The van der Waals surface area contributed by atoms with E-state index in [1.54, 1.807) is 13.1 Å². The Hall–Kier alpha value is -2.91. The second kappa shape index (κ2) is 9.03. The van der Waals surface area contributed by atoms with Crippen LogP contribution < -0.4 is 10.2 Å². The van der Waals surface area contributed by atoms with Gasteiger partial charge in [0.1, 0.15) is 5.82 Å². The molecule has 9 heteroatoms. The Bertz CT molecular complexity index is 1180. The third-order valence-corrected chi connectivity index (χ3v) is 6.77. The summed E-state index contributed by atoms with van der Waals surface area (Å²) < 4.78 is 48.2. The van der Waals surface area contributed by atoms with Crippen molar-refractivity contribution < 1.29 is 17.9 Å². The van der Waals surface area contributed by atoms with Crippen molar-refractivity contribution in [2.75, 3.05) is 49.6 Å². The number of piperazine rings is 1. The highest BCUT2D eigenvalue weighted by Gasteiger charge is 2.31. The molecule has 2 saturated heterocycles. The van der Waals surface area contributed by atoms with Gasteiger partial charge in [-0.1, -0.05) is 18.2 Å². The van der Waals surface area contributed by atoms with Gasteiger partial charge in [-0.25, -0.2) is 13.2 Å². The van der Waals surface area contributed by atoms with Crippen LogP contribution in [0.2, 0.25) is 0 Å². The van der Waals surface area contributed by atoms with Crippen molar-refractivity contribution >= 4 is 22.3 Å². The first-order chi connectivity index (χ1) is 16.3. The molecule has 0 aliphatic carbocycles. The summed E-state index contributed by atoms with van der Waals surface area (Å²) in [4.78, 5) is 4.82. The average Bonchev–Trinajstić information content (AvgIpc) is 2.83. The van der Waals surface area contributed by atoms with E-state index in [-0.39, 0.29) is 5.56 Å². The molecule has 2 fully saturated rings. The number of hydrogen-bond acceptors (Lipinski definition) is 6. The predicted octanol–water partition coefficient (Wildman–Crippen LogP) is 4.57. The Labute approximate surface area is 196 Å². The summed E-state index contributed by atoms with van der Waals surface area (Å²) in [5.41, 5.74) is 2.01. The van der Waals surface area contributed by atoms with Gasteiger partial charge in [0.2, 0.25) is 0 Å². The van der Waals surface area contributed by atoms with Gasteiger partial charge in [0.15, 0.2) is 0 Å². The second-order valence-electron chi connectivity index (χ2n) is 9.13. The van der Waals surface area contributed by atoms with Crippen molar-refractivity contribution in [2.24, 2.45) is 0 Å². The summed E-state index contributed by atoms with van der Waals surface area (Å²) in [6.07, 6.45) is 1.59. The van der Waals surface area contributed by atoms with Crippen molar-refractivity contribution in [3.8, 4) is 0 Å². The van der Waals surface area contributed by atoms with E-state index in [9.17, 15) is 13.2 Å². The number of fused-ring (bicyclic) bond motifs is 2. The average molecular weight is 472 g/mol. The maximum absolute atomic E-state index is 14.9. The third-order valence-electron chi connectivity index (χ3n) is 6.77. The first-order valence-corrected chi connectivity index (χ1v) is 11.6. The number of alkyl halides is 2. The van der Waals surface area contributed by atoms with Crippen molar-refractivity contribution in [3.63, 3.8) is 0 Å². The van der Waals surface area contributed by atoms with Crippen LogP contribution in [0.3, 0.4) is 0 Å². The van der Waals surface area contributed by atoms with Gasteiger partial charge in [-0.15, -0.1) is 0 Å². The Kier molecular flexibility index (Phi) is 6.07. The molecule has 2 aromatic carbocycles. The number of ether oxygens (including phenoxy) is 1. The van der Waals surface area contributed by atoms with Crippen LogP contribution in [0.4, 0.5) is 24.5 Å². The molecular formula is C25H28F3N5O. The molecule has 3 aromatic rings. The minimum Gasteiger partial charge on any atom is -0.378 e. The molecular weight excluding hydrogens is 443 g/mol. The van der Waals surface area contributed by atoms with Crippen molar-refractivity contribution in [2.45, 2.75) is 31.9 Å². The smallest absolute Gasteiger partial charge is 0.273 e. The topological polar surface area (TPSA) is 53.5 Å². The van der Waals surface area contributed by atoms with Crippen LogP contribution in [0.5, 0.6) is 0 Å². The number of hydrogen-bond donors (Lipinski definition) is 1. The summed E-state index contributed by atoms with van der Waals surface area (Å²) in [7, 11) is 0. The summed E-state index contributed by atoms with van der Waals surface area (Å²) in [5.74, 6) is -4.15. The van der Waals surface area contributed by atoms with E-state index >= 15 is 0 Å². The Morgan fingerprint density at radius 1 is 1.18 bits per heavy atom. The number of rotatable bonds is 5. The standard InChI is InChI=1S/C25H28F3N5O/c1-16(19-4-3-5-21(24(19)26)25(2,27)28)30-23-13-29-31-22-7-6-17(12-20(22)23)33-9-8-32-10-11-34-15-18(32)14-33/h3-7,12-13,16,18H,8-11,14-15H2,1-2H3,(H,30,31)/t16-,18+/m1/s1. The second-order valence-corrected chi connectivity index (χ2v) is 9.13. The Morgan fingerprint density at radius 2 is 2.03 bits per heavy atom. The molecule has 3 heterocycles. The van der Waals surface area contributed by atoms with E-state index in [2.05, 4.69) is 31.4 Å². The predicted molar refractivity (Wildman–Crippen MR) is 126 cm³/mol. The van der Waals surface area contributed by atoms with Gasteiger partial charge in [0.25, 0.3) is 5.92 Å². The fourth-order valence-corrected chi connectivity index (χ4v) is 4.87. The van der Waals surface area contributed by atoms with E-state index in [1.807, 2.05) is 12.1 Å². The molecule has 0 amide bonds. The van der Waals surface area contributed by atoms with E-state index in [0.717, 1.165) is 56.5 Å². The maximum Gasteiger partial charge on any atom is 0.273 e. The Balaban J connectivity index is 1.42. The van der Waals surface area contributed by atoms with E-state index in [1.165, 1.54) is 12.1 Å². The molecule has 5 rings (SSSR count). The molecule has 2 aliphatic heterocycles. The van der Waals surface area contributed by atoms with Crippen LogP contribution in [0.1, 0.15) is 31.0 Å². The van der Waals surface area contributed by atoms with Gasteiger partial charge in [-0.05, 0) is 25.1 Å². The number of nitrogens with zero attached hydrogens (tertiary/aromatic N) is 4. The van der Waals surface area contributed by atoms with Crippen LogP contribution in [0, 0.1) is 5.82 Å². The zero-order valence-electron chi connectivity index (χ0n) is 19.3. The molecule has 6 nitrogen and oxygen atoms in total. The van der Waals surface area contributed by atoms with E-state index < -0.39 is 23.3 Å². The van der Waals surface area contributed by atoms with Crippen LogP contribution in [0.15, 0.2) is 42.6 Å². The van der Waals surface area contributed by atoms with E-state index in [0.29, 0.717) is 24.2 Å². The lowest BCUT2D eigenvalue weighted by Crippen LogP contribution is -2.58. The van der Waals surface area contributed by atoms with Crippen molar-refractivity contribution in [3.05, 3.63) is 59.5 Å². The third kappa shape index (κ3) is 4.42. The van der Waals surface area contributed by atoms with E-state index in [4.69, 9.17) is 4.74 Å². The molecule has 0 unspecified atom stereocenters. The molecule has 0 bridgehead atoms. The normalized spacial score (nSPS) is 20.3. The van der Waals surface area contributed by atoms with Gasteiger partial charge in [-0.2, -0.15) is 10.2 Å². The minimum atomic E-state index is -3.26. The minimum absolute atomic E-state index is 0.175. The van der Waals surface area contributed by atoms with Crippen LogP contribution in [-0.2, 0) is 10.7 Å². The zero-order chi connectivity index (χ0) is 23.9. The van der Waals surface area contributed by atoms with Crippen molar-refractivity contribution in [1.29, 1.82) is 0 Å². The highest BCUT2D eigenvalue weighted by atomic mass is 19.3. The summed E-state index contributed by atoms with van der Waals surface area (Å²) in [5, 5.41) is 12.4. The van der Waals surface area contributed by atoms with Gasteiger partial charge in [-0.3, -0.25) is 4.90 Å². The summed E-state index contributed by atoms with van der Waals surface area (Å²) in [6.45, 7) is 7.73. The highest BCUT2D eigenvalue weighted by Crippen LogP contribution is 2.34. The zero-order valence-corrected chi connectivity index (χ0v) is 19.3. The van der Waals surface area contributed by atoms with Gasteiger partial charge in [0.05, 0.1) is 48.3 Å². The van der Waals surface area contributed by atoms with Crippen LogP contribution >= 0.6 is 0 Å². The maximum atomic E-state index is 14.9. The van der Waals surface area contributed by atoms with Crippen LogP contribution in [-0.4, -0.2) is 60.5 Å². The molecule has 0 radical (unpaired) electrons. The lowest BCUT2D eigenvalue weighted by atomic mass is 10.0. The number of nitrogens with one attached hydrogen (secondary N) is 1. The summed E-state index contributed by atoms with van der Waals surface area (Å²) in [6, 6.07) is 9.95. The lowest BCUT2D eigenvalue weighted by Gasteiger charge is -2.44. The molecule has 1 aromatic heterocycles. The number of morpholine rings is 1. The molecule has 2 atom stereocenters. The Morgan fingerprint density at radius 3 is 2.85 bits per heavy atom. The molecule has 34 heavy (non-hydrogen) atoms. The lowest BCUT2D eigenvalue weighted by molar-refractivity contribution is -0.0116. The molecule has 0 spiro atoms. The SMILES string of the molecule is C[C@@H](Nc1cnnc2ccc(N3CCN4CCOC[C@@H]4C3)cc12)c1cccc(C(C)(F)F)c1F. The van der Waals surface area contributed by atoms with Gasteiger partial charge >= 0.3 is 0 Å². The first kappa shape index (κ1) is 22.9. The van der Waals surface area contributed by atoms with Gasteiger partial charge < -0.3 is 15.0 Å². The fourth-order valence-electron chi connectivity index (χ4n) is 4.87. The number of aromatic nitrogens is 2. The highest BCUT2D eigenvalue weighted by molar-refractivity contribution is 5.93.